The van der Waals surface area contributed by atoms with Crippen molar-refractivity contribution in [3.63, 3.8) is 0 Å². The highest BCUT2D eigenvalue weighted by molar-refractivity contribution is 5.52. The summed E-state index contributed by atoms with van der Waals surface area (Å²) in [6.45, 7) is 4.24. The second-order valence-corrected chi connectivity index (χ2v) is 5.44. The van der Waals surface area contributed by atoms with Gasteiger partial charge in [0.25, 0.3) is 0 Å². The van der Waals surface area contributed by atoms with Crippen LogP contribution in [0.5, 0.6) is 0 Å². The van der Waals surface area contributed by atoms with E-state index in [1.54, 1.807) is 0 Å². The van der Waals surface area contributed by atoms with Gasteiger partial charge in [0.15, 0.2) is 0 Å². The molecule has 2 heteroatoms. The molecule has 18 heavy (non-hydrogen) atoms. The van der Waals surface area contributed by atoms with Gasteiger partial charge >= 0.3 is 0 Å². The van der Waals surface area contributed by atoms with E-state index < -0.39 is 0 Å². The van der Waals surface area contributed by atoms with Gasteiger partial charge in [-0.2, -0.15) is 5.26 Å². The molecule has 2 atom stereocenters. The molecule has 0 bridgehead atoms. The molecule has 2 rings (SSSR count). The lowest BCUT2D eigenvalue weighted by Crippen LogP contribution is -2.27. The van der Waals surface area contributed by atoms with Gasteiger partial charge in [-0.1, -0.05) is 37.0 Å². The molecule has 1 aromatic carbocycles. The molecule has 1 aliphatic rings. The number of anilines is 1. The second kappa shape index (κ2) is 5.91. The van der Waals surface area contributed by atoms with E-state index in [1.807, 2.05) is 0 Å². The summed E-state index contributed by atoms with van der Waals surface area (Å²) in [5, 5.41) is 12.9. The maximum atomic E-state index is 9.29. The van der Waals surface area contributed by atoms with E-state index in [9.17, 15) is 5.26 Å². The Morgan fingerprint density at radius 1 is 1.17 bits per heavy atom. The lowest BCUT2D eigenvalue weighted by atomic mass is 9.95. The molecule has 0 heterocycles. The Morgan fingerprint density at radius 3 is 2.67 bits per heavy atom. The molecule has 0 spiro atoms. The summed E-state index contributed by atoms with van der Waals surface area (Å²) in [5.74, 6) is 0.160. The van der Waals surface area contributed by atoms with Gasteiger partial charge in [-0.25, -0.2) is 0 Å². The number of nitrogens with zero attached hydrogens (tertiary/aromatic N) is 1. The topological polar surface area (TPSA) is 35.8 Å². The number of benzene rings is 1. The highest BCUT2D eigenvalue weighted by Gasteiger charge is 2.23. The Bertz CT molecular complexity index is 445. The summed E-state index contributed by atoms with van der Waals surface area (Å²) < 4.78 is 0. The first kappa shape index (κ1) is 13.0. The maximum Gasteiger partial charge on any atom is 0.0677 e. The van der Waals surface area contributed by atoms with Crippen LogP contribution in [0.4, 0.5) is 5.69 Å². The first-order valence-corrected chi connectivity index (χ1v) is 6.94. The van der Waals surface area contributed by atoms with Gasteiger partial charge in [0.05, 0.1) is 12.0 Å². The summed E-state index contributed by atoms with van der Waals surface area (Å²) in [6, 6.07) is 9.27. The van der Waals surface area contributed by atoms with Gasteiger partial charge in [-0.05, 0) is 38.3 Å². The fourth-order valence-electron chi connectivity index (χ4n) is 2.81. The summed E-state index contributed by atoms with van der Waals surface area (Å²) in [7, 11) is 0. The highest BCUT2D eigenvalue weighted by atomic mass is 14.9. The lowest BCUT2D eigenvalue weighted by Gasteiger charge is -2.23. The summed E-state index contributed by atoms with van der Waals surface area (Å²) in [6.07, 6.45) is 5.86. The third-order valence-electron chi connectivity index (χ3n) is 3.90. The third-order valence-corrected chi connectivity index (χ3v) is 3.90. The van der Waals surface area contributed by atoms with E-state index in [0.29, 0.717) is 6.04 Å². The minimum absolute atomic E-state index is 0.160. The molecule has 1 aliphatic carbocycles. The minimum atomic E-state index is 0.160. The highest BCUT2D eigenvalue weighted by Crippen LogP contribution is 2.27. The first-order valence-electron chi connectivity index (χ1n) is 6.94. The van der Waals surface area contributed by atoms with Crippen LogP contribution in [0, 0.1) is 31.1 Å². The second-order valence-electron chi connectivity index (χ2n) is 5.44. The zero-order valence-corrected chi connectivity index (χ0v) is 11.4. The van der Waals surface area contributed by atoms with Crippen molar-refractivity contribution in [2.45, 2.75) is 52.0 Å². The minimum Gasteiger partial charge on any atom is -0.381 e. The standard InChI is InChI=1S/C16H22N2/c1-12-8-9-15(13(2)10-12)18-16-7-5-3-4-6-14(16)11-17/h8-10,14,16,18H,3-7H2,1-2H3. The van der Waals surface area contributed by atoms with Crippen molar-refractivity contribution >= 4 is 5.69 Å². The van der Waals surface area contributed by atoms with Crippen molar-refractivity contribution in [1.82, 2.24) is 0 Å². The number of hydrogen-bond acceptors (Lipinski definition) is 2. The van der Waals surface area contributed by atoms with Crippen LogP contribution in [-0.2, 0) is 0 Å². The van der Waals surface area contributed by atoms with Crippen molar-refractivity contribution in [1.29, 1.82) is 5.26 Å². The van der Waals surface area contributed by atoms with Gasteiger partial charge in [-0.3, -0.25) is 0 Å². The number of hydrogen-bond donors (Lipinski definition) is 1. The number of nitriles is 1. The van der Waals surface area contributed by atoms with Crippen molar-refractivity contribution < 1.29 is 0 Å². The maximum absolute atomic E-state index is 9.29. The van der Waals surface area contributed by atoms with Crippen LogP contribution in [0.1, 0.15) is 43.2 Å². The quantitative estimate of drug-likeness (QED) is 0.789. The Hall–Kier alpha value is -1.49. The molecule has 0 radical (unpaired) electrons. The van der Waals surface area contributed by atoms with E-state index in [4.69, 9.17) is 0 Å². The molecule has 1 saturated carbocycles. The largest absolute Gasteiger partial charge is 0.381 e. The van der Waals surface area contributed by atoms with Crippen LogP contribution in [0.25, 0.3) is 0 Å². The van der Waals surface area contributed by atoms with E-state index in [0.717, 1.165) is 12.8 Å². The average molecular weight is 242 g/mol. The van der Waals surface area contributed by atoms with Crippen molar-refractivity contribution in [2.75, 3.05) is 5.32 Å². The monoisotopic (exact) mass is 242 g/mol. The molecule has 0 saturated heterocycles. The van der Waals surface area contributed by atoms with Crippen molar-refractivity contribution in [2.24, 2.45) is 5.92 Å². The summed E-state index contributed by atoms with van der Waals surface area (Å²) >= 11 is 0. The molecule has 1 aromatic rings. The Balaban J connectivity index is 2.13. The van der Waals surface area contributed by atoms with Gasteiger partial charge in [0.1, 0.15) is 0 Å². The SMILES string of the molecule is Cc1ccc(NC2CCCCCC2C#N)c(C)c1. The molecule has 96 valence electrons. The van der Waals surface area contributed by atoms with Gasteiger partial charge < -0.3 is 5.32 Å². The zero-order valence-electron chi connectivity index (χ0n) is 11.4. The molecule has 1 N–H and O–H groups in total. The van der Waals surface area contributed by atoms with Crippen molar-refractivity contribution in [3.8, 4) is 6.07 Å². The predicted octanol–water partition coefficient (Wildman–Crippen LogP) is 4.19. The first-order chi connectivity index (χ1) is 8.70. The fraction of sp³-hybridized carbons (Fsp3) is 0.562. The van der Waals surface area contributed by atoms with Gasteiger partial charge in [-0.15, -0.1) is 0 Å². The van der Waals surface area contributed by atoms with E-state index >= 15 is 0 Å². The van der Waals surface area contributed by atoms with Gasteiger partial charge in [0, 0.05) is 11.7 Å². The zero-order chi connectivity index (χ0) is 13.0. The normalized spacial score (nSPS) is 24.1. The van der Waals surface area contributed by atoms with Crippen LogP contribution in [0.15, 0.2) is 18.2 Å². The Kier molecular flexibility index (Phi) is 4.25. The van der Waals surface area contributed by atoms with Crippen LogP contribution < -0.4 is 5.32 Å². The number of rotatable bonds is 2. The Labute approximate surface area is 110 Å². The molecule has 2 unspecified atom stereocenters. The molecule has 2 nitrogen and oxygen atoms in total. The van der Waals surface area contributed by atoms with Gasteiger partial charge in [0.2, 0.25) is 0 Å². The van der Waals surface area contributed by atoms with Crippen LogP contribution in [0.3, 0.4) is 0 Å². The lowest BCUT2D eigenvalue weighted by molar-refractivity contribution is 0.514. The van der Waals surface area contributed by atoms with Crippen LogP contribution in [-0.4, -0.2) is 6.04 Å². The molecule has 1 fully saturated rings. The molecule has 0 aliphatic heterocycles. The smallest absolute Gasteiger partial charge is 0.0677 e. The molecule has 0 amide bonds. The van der Waals surface area contributed by atoms with E-state index in [-0.39, 0.29) is 5.92 Å². The number of nitrogens with one attached hydrogen (secondary N) is 1. The molecular formula is C16H22N2. The average Bonchev–Trinajstić information content (AvgIpc) is 2.57. The fourth-order valence-corrected chi connectivity index (χ4v) is 2.81. The predicted molar refractivity (Wildman–Crippen MR) is 75.5 cm³/mol. The van der Waals surface area contributed by atoms with Crippen LogP contribution >= 0.6 is 0 Å². The third kappa shape index (κ3) is 3.04. The molecule has 0 aromatic heterocycles. The molecular weight excluding hydrogens is 220 g/mol. The summed E-state index contributed by atoms with van der Waals surface area (Å²) in [5.41, 5.74) is 3.75. The van der Waals surface area contributed by atoms with E-state index in [1.165, 1.54) is 36.1 Å². The van der Waals surface area contributed by atoms with E-state index in [2.05, 4.69) is 43.4 Å². The summed E-state index contributed by atoms with van der Waals surface area (Å²) in [4.78, 5) is 0. The Morgan fingerprint density at radius 2 is 1.94 bits per heavy atom. The van der Waals surface area contributed by atoms with Crippen molar-refractivity contribution in [3.05, 3.63) is 29.3 Å². The van der Waals surface area contributed by atoms with Crippen LogP contribution in [0.2, 0.25) is 0 Å². The number of aryl methyl sites for hydroxylation is 2.